The molecule has 0 saturated heterocycles. The largest absolute Gasteiger partial charge is 0.488 e. The molecule has 0 aliphatic carbocycles. The van der Waals surface area contributed by atoms with Gasteiger partial charge in [-0.25, -0.2) is 14.4 Å². The minimum atomic E-state index is -0.500. The third-order valence-electron chi connectivity index (χ3n) is 8.53. The van der Waals surface area contributed by atoms with Gasteiger partial charge in [0.05, 0.1) is 20.3 Å². The quantitative estimate of drug-likeness (QED) is 0.0214. The zero-order valence-electron chi connectivity index (χ0n) is 32.4. The zero-order chi connectivity index (χ0) is 41.0. The summed E-state index contributed by atoms with van der Waals surface area (Å²) in [5.74, 6) is 13.8. The SMILES string of the molecule is C=CC(=O)OCCCCCSc1ccc(C#Cc2ccc(OCc3ccc4cc(C#Cc5ccc(SCCCOC(=O)C=C)cc5)ccc4c3)c(C(=O)OC)c2)cc1. The highest BCUT2D eigenvalue weighted by atomic mass is 32.2. The first-order chi connectivity index (χ1) is 28.3. The van der Waals surface area contributed by atoms with E-state index in [1.807, 2.05) is 66.7 Å². The number of unbranched alkanes of at least 4 members (excludes halogenated alkanes) is 2. The van der Waals surface area contributed by atoms with Gasteiger partial charge in [0.25, 0.3) is 0 Å². The summed E-state index contributed by atoms with van der Waals surface area (Å²) in [7, 11) is 1.35. The highest BCUT2D eigenvalue weighted by molar-refractivity contribution is 7.99. The Kier molecular flexibility index (Phi) is 17.2. The molecule has 294 valence electrons. The van der Waals surface area contributed by atoms with Crippen LogP contribution in [0, 0.1) is 23.7 Å². The van der Waals surface area contributed by atoms with E-state index in [-0.39, 0.29) is 12.6 Å². The van der Waals surface area contributed by atoms with Crippen molar-refractivity contribution in [3.8, 4) is 29.4 Å². The van der Waals surface area contributed by atoms with Crippen LogP contribution in [-0.4, -0.2) is 49.7 Å². The number of hydrogen-bond acceptors (Lipinski definition) is 9. The average Bonchev–Trinajstić information content (AvgIpc) is 3.26. The van der Waals surface area contributed by atoms with Crippen LogP contribution in [-0.2, 0) is 30.4 Å². The van der Waals surface area contributed by atoms with Gasteiger partial charge >= 0.3 is 17.9 Å². The van der Waals surface area contributed by atoms with Gasteiger partial charge in [0, 0.05) is 49.9 Å². The molecule has 0 heterocycles. The average molecular weight is 809 g/mol. The van der Waals surface area contributed by atoms with E-state index in [1.165, 1.54) is 19.3 Å². The molecule has 5 rings (SSSR count). The molecule has 0 bridgehead atoms. The van der Waals surface area contributed by atoms with Gasteiger partial charge in [-0.15, -0.1) is 23.5 Å². The summed E-state index contributed by atoms with van der Waals surface area (Å²) in [5.41, 5.74) is 4.63. The first-order valence-corrected chi connectivity index (χ1v) is 20.8. The van der Waals surface area contributed by atoms with Gasteiger partial charge in [-0.1, -0.05) is 55.0 Å². The van der Waals surface area contributed by atoms with Crippen LogP contribution in [0.2, 0.25) is 0 Å². The van der Waals surface area contributed by atoms with Crippen LogP contribution in [0.4, 0.5) is 0 Å². The van der Waals surface area contributed by atoms with Crippen molar-refractivity contribution < 1.29 is 33.3 Å². The van der Waals surface area contributed by atoms with Gasteiger partial charge in [0.1, 0.15) is 17.9 Å². The molecule has 0 aromatic heterocycles. The Morgan fingerprint density at radius 3 is 1.72 bits per heavy atom. The fourth-order valence-electron chi connectivity index (χ4n) is 5.47. The number of thioether (sulfide) groups is 2. The van der Waals surface area contributed by atoms with Crippen molar-refractivity contribution in [1.82, 2.24) is 0 Å². The minimum Gasteiger partial charge on any atom is -0.488 e. The maximum absolute atomic E-state index is 12.8. The molecule has 9 heteroatoms. The fraction of sp³-hybridized carbons (Fsp3) is 0.204. The summed E-state index contributed by atoms with van der Waals surface area (Å²) in [4.78, 5) is 37.3. The summed E-state index contributed by atoms with van der Waals surface area (Å²) in [5, 5.41) is 2.11. The van der Waals surface area contributed by atoms with Crippen molar-refractivity contribution in [2.24, 2.45) is 0 Å². The molecule has 0 atom stereocenters. The van der Waals surface area contributed by atoms with Crippen molar-refractivity contribution in [2.75, 3.05) is 31.8 Å². The molecule has 0 spiro atoms. The van der Waals surface area contributed by atoms with E-state index in [1.54, 1.807) is 35.7 Å². The Morgan fingerprint density at radius 2 is 1.10 bits per heavy atom. The van der Waals surface area contributed by atoms with Gasteiger partial charge < -0.3 is 18.9 Å². The third kappa shape index (κ3) is 14.1. The van der Waals surface area contributed by atoms with Crippen molar-refractivity contribution in [1.29, 1.82) is 0 Å². The zero-order valence-corrected chi connectivity index (χ0v) is 34.1. The number of benzene rings is 5. The van der Waals surface area contributed by atoms with Crippen LogP contribution in [0.1, 0.15) is 63.9 Å². The Balaban J connectivity index is 1.12. The van der Waals surface area contributed by atoms with Crippen molar-refractivity contribution >= 4 is 52.2 Å². The lowest BCUT2D eigenvalue weighted by Crippen LogP contribution is -2.06. The van der Waals surface area contributed by atoms with Crippen LogP contribution < -0.4 is 4.74 Å². The van der Waals surface area contributed by atoms with Gasteiger partial charge in [0.15, 0.2) is 0 Å². The number of hydrogen-bond donors (Lipinski definition) is 0. The van der Waals surface area contributed by atoms with Crippen LogP contribution in [0.25, 0.3) is 10.8 Å². The molecule has 0 amide bonds. The predicted molar refractivity (Wildman–Crippen MR) is 233 cm³/mol. The first kappa shape index (κ1) is 43.0. The monoisotopic (exact) mass is 808 g/mol. The van der Waals surface area contributed by atoms with E-state index in [4.69, 9.17) is 18.9 Å². The summed E-state index contributed by atoms with van der Waals surface area (Å²) in [6, 6.07) is 33.7. The number of ether oxygens (including phenoxy) is 4. The van der Waals surface area contributed by atoms with E-state index >= 15 is 0 Å². The lowest BCUT2D eigenvalue weighted by Gasteiger charge is -2.11. The van der Waals surface area contributed by atoms with E-state index in [0.29, 0.717) is 30.1 Å². The maximum Gasteiger partial charge on any atom is 0.341 e. The number of carbonyl (C=O) groups excluding carboxylic acids is 3. The predicted octanol–water partition coefficient (Wildman–Crippen LogP) is 10.2. The molecule has 5 aromatic carbocycles. The van der Waals surface area contributed by atoms with Gasteiger partial charge in [-0.3, -0.25) is 0 Å². The third-order valence-corrected chi connectivity index (χ3v) is 10.7. The minimum absolute atomic E-state index is 0.263. The number of methoxy groups -OCH3 is 1. The molecule has 0 radical (unpaired) electrons. The highest BCUT2D eigenvalue weighted by Gasteiger charge is 2.14. The molecule has 0 fully saturated rings. The maximum atomic E-state index is 12.8. The molecule has 0 aliphatic heterocycles. The van der Waals surface area contributed by atoms with Gasteiger partial charge in [0.2, 0.25) is 0 Å². The normalized spacial score (nSPS) is 10.3. The van der Waals surface area contributed by atoms with Gasteiger partial charge in [-0.2, -0.15) is 0 Å². The first-order valence-electron chi connectivity index (χ1n) is 18.8. The van der Waals surface area contributed by atoms with Crippen molar-refractivity contribution in [2.45, 2.75) is 42.1 Å². The number of esters is 3. The van der Waals surface area contributed by atoms with Crippen molar-refractivity contribution in [3.05, 3.63) is 162 Å². The topological polar surface area (TPSA) is 88.1 Å². The second-order valence-electron chi connectivity index (χ2n) is 12.8. The van der Waals surface area contributed by atoms with E-state index in [9.17, 15) is 14.4 Å². The Labute approximate surface area is 349 Å². The van der Waals surface area contributed by atoms with Gasteiger partial charge in [-0.05, 0) is 133 Å². The lowest BCUT2D eigenvalue weighted by molar-refractivity contribution is -0.138. The summed E-state index contributed by atoms with van der Waals surface area (Å²) in [6.07, 6.45) is 5.98. The molecule has 5 aromatic rings. The molecule has 0 aliphatic rings. The van der Waals surface area contributed by atoms with Crippen LogP contribution in [0.5, 0.6) is 5.75 Å². The highest BCUT2D eigenvalue weighted by Crippen LogP contribution is 2.25. The second kappa shape index (κ2) is 23.2. The molecule has 58 heavy (non-hydrogen) atoms. The molecular weight excluding hydrogens is 765 g/mol. The number of rotatable bonds is 18. The van der Waals surface area contributed by atoms with Crippen LogP contribution >= 0.6 is 23.5 Å². The molecule has 0 saturated carbocycles. The summed E-state index contributed by atoms with van der Waals surface area (Å²) < 4.78 is 21.2. The molecule has 0 unspecified atom stereocenters. The molecular formula is C49H44O7S2. The van der Waals surface area contributed by atoms with Crippen molar-refractivity contribution in [3.63, 3.8) is 0 Å². The number of fused-ring (bicyclic) bond motifs is 1. The summed E-state index contributed by atoms with van der Waals surface area (Å²) in [6.45, 7) is 7.86. The van der Waals surface area contributed by atoms with E-state index in [0.717, 1.165) is 80.0 Å². The van der Waals surface area contributed by atoms with Crippen LogP contribution in [0.3, 0.4) is 0 Å². The Hall–Kier alpha value is -6.13. The lowest BCUT2D eigenvalue weighted by atomic mass is 10.0. The molecule has 7 nitrogen and oxygen atoms in total. The van der Waals surface area contributed by atoms with E-state index in [2.05, 4.69) is 61.1 Å². The van der Waals surface area contributed by atoms with Crippen LogP contribution in [0.15, 0.2) is 138 Å². The standard InChI is InChI=1S/C49H44O7S2/c1-4-47(50)54-28-7-6-8-30-57-43-23-16-37(17-24-43)11-13-39-20-27-46(45(34-39)49(52)53-3)56-35-40-15-22-41-32-38(14-21-42(41)33-40)12-10-36-18-25-44(26-19-36)58-31-9-29-55-48(51)5-2/h4-5,14-27,32-34H,1-2,6-9,28-31,35H2,3H3. The second-order valence-corrected chi connectivity index (χ2v) is 15.1. The fourth-order valence-corrected chi connectivity index (χ4v) is 7.21. The summed E-state index contributed by atoms with van der Waals surface area (Å²) >= 11 is 3.49. The molecule has 0 N–H and O–H groups in total. The Bertz CT molecular complexity index is 2340. The Morgan fingerprint density at radius 1 is 0.586 bits per heavy atom. The number of carbonyl (C=O) groups is 3. The smallest absolute Gasteiger partial charge is 0.341 e. The van der Waals surface area contributed by atoms with E-state index < -0.39 is 11.9 Å².